The molecule has 0 radical (unpaired) electrons. The summed E-state index contributed by atoms with van der Waals surface area (Å²) in [6.07, 6.45) is 2.17. The van der Waals surface area contributed by atoms with Crippen LogP contribution in [-0.4, -0.2) is 26.8 Å². The van der Waals surface area contributed by atoms with E-state index in [0.717, 1.165) is 38.1 Å². The zero-order chi connectivity index (χ0) is 12.8. The number of piperidine rings is 1. The summed E-state index contributed by atoms with van der Waals surface area (Å²) in [4.78, 5) is 0. The topological polar surface area (TPSA) is 21.3 Å². The van der Waals surface area contributed by atoms with Crippen molar-refractivity contribution in [2.75, 3.05) is 26.8 Å². The SMILES string of the molecule is COCC12CNCCC1(c1ccc(F)c(Cl)c1)C2.Cl. The van der Waals surface area contributed by atoms with Crippen LogP contribution in [0.5, 0.6) is 0 Å². The summed E-state index contributed by atoms with van der Waals surface area (Å²) in [5.41, 5.74) is 1.46. The minimum Gasteiger partial charge on any atom is -0.384 e. The third kappa shape index (κ3) is 2.17. The molecule has 1 saturated carbocycles. The molecule has 2 unspecified atom stereocenters. The number of hydrogen-bond donors (Lipinski definition) is 1. The molecule has 19 heavy (non-hydrogen) atoms. The molecule has 1 aromatic carbocycles. The molecule has 1 saturated heterocycles. The first-order chi connectivity index (χ1) is 8.63. The normalized spacial score (nSPS) is 32.4. The van der Waals surface area contributed by atoms with E-state index < -0.39 is 0 Å². The number of nitrogens with one attached hydrogen (secondary N) is 1. The molecule has 1 aliphatic carbocycles. The quantitative estimate of drug-likeness (QED) is 0.926. The van der Waals surface area contributed by atoms with E-state index in [0.29, 0.717) is 0 Å². The van der Waals surface area contributed by atoms with Crippen LogP contribution >= 0.6 is 24.0 Å². The monoisotopic (exact) mass is 305 g/mol. The molecule has 2 atom stereocenters. The van der Waals surface area contributed by atoms with Gasteiger partial charge in [-0.3, -0.25) is 0 Å². The standard InChI is InChI=1S/C14H17ClFNO.ClH/c1-18-9-13-7-14(13,4-5-17-8-13)10-2-3-12(16)11(15)6-10;/h2-3,6,17H,4-5,7-9H2,1H3;1H. The predicted molar refractivity (Wildman–Crippen MR) is 76.7 cm³/mol. The molecule has 0 spiro atoms. The Hall–Kier alpha value is -0.350. The number of halogens is 3. The molecule has 2 nitrogen and oxygen atoms in total. The molecule has 1 aliphatic heterocycles. The minimum absolute atomic E-state index is 0. The Kier molecular flexibility index (Phi) is 4.12. The van der Waals surface area contributed by atoms with Crippen LogP contribution in [0.3, 0.4) is 0 Å². The highest BCUT2D eigenvalue weighted by Gasteiger charge is 2.68. The Balaban J connectivity index is 0.00000133. The Labute approximate surface area is 124 Å². The molecule has 1 heterocycles. The van der Waals surface area contributed by atoms with Gasteiger partial charge in [0, 0.05) is 24.5 Å². The van der Waals surface area contributed by atoms with Gasteiger partial charge in [-0.25, -0.2) is 4.39 Å². The fourth-order valence-electron chi connectivity index (χ4n) is 3.61. The van der Waals surface area contributed by atoms with Gasteiger partial charge in [-0.05, 0) is 37.1 Å². The molecule has 1 N–H and O–H groups in total. The first-order valence-corrected chi connectivity index (χ1v) is 6.67. The summed E-state index contributed by atoms with van der Waals surface area (Å²) in [7, 11) is 1.74. The van der Waals surface area contributed by atoms with E-state index in [-0.39, 0.29) is 34.1 Å². The van der Waals surface area contributed by atoms with Gasteiger partial charge in [0.1, 0.15) is 5.82 Å². The van der Waals surface area contributed by atoms with Crippen LogP contribution < -0.4 is 5.32 Å². The van der Waals surface area contributed by atoms with E-state index >= 15 is 0 Å². The van der Waals surface area contributed by atoms with Crippen molar-refractivity contribution in [3.8, 4) is 0 Å². The van der Waals surface area contributed by atoms with Crippen LogP contribution in [0.1, 0.15) is 18.4 Å². The number of benzene rings is 1. The molecule has 3 rings (SSSR count). The van der Waals surface area contributed by atoms with Gasteiger partial charge in [0.2, 0.25) is 0 Å². The second kappa shape index (κ2) is 5.21. The molecule has 1 aromatic rings. The first-order valence-electron chi connectivity index (χ1n) is 6.29. The lowest BCUT2D eigenvalue weighted by Crippen LogP contribution is -2.40. The van der Waals surface area contributed by atoms with Gasteiger partial charge in [0.15, 0.2) is 0 Å². The largest absolute Gasteiger partial charge is 0.384 e. The van der Waals surface area contributed by atoms with Gasteiger partial charge in [-0.1, -0.05) is 17.7 Å². The molecule has 0 bridgehead atoms. The lowest BCUT2D eigenvalue weighted by atomic mass is 9.81. The Bertz CT molecular complexity index is 481. The van der Waals surface area contributed by atoms with Crippen LogP contribution in [0.2, 0.25) is 5.02 Å². The second-order valence-corrected chi connectivity index (χ2v) is 5.94. The van der Waals surface area contributed by atoms with Crippen LogP contribution in [0.15, 0.2) is 18.2 Å². The van der Waals surface area contributed by atoms with Crippen molar-refractivity contribution in [1.29, 1.82) is 0 Å². The second-order valence-electron chi connectivity index (χ2n) is 5.53. The summed E-state index contributed by atoms with van der Waals surface area (Å²) in [5, 5.41) is 3.66. The van der Waals surface area contributed by atoms with Crippen molar-refractivity contribution >= 4 is 24.0 Å². The highest BCUT2D eigenvalue weighted by molar-refractivity contribution is 6.30. The maximum atomic E-state index is 13.3. The van der Waals surface area contributed by atoms with Crippen molar-refractivity contribution < 1.29 is 9.13 Å². The average Bonchev–Trinajstić information content (AvgIpc) is 3.03. The minimum atomic E-state index is -0.344. The highest BCUT2D eigenvalue weighted by Crippen LogP contribution is 2.67. The van der Waals surface area contributed by atoms with Gasteiger partial charge < -0.3 is 10.1 Å². The maximum absolute atomic E-state index is 13.3. The number of rotatable bonds is 3. The summed E-state index contributed by atoms with van der Waals surface area (Å²) in [6, 6.07) is 5.15. The number of hydrogen-bond acceptors (Lipinski definition) is 2. The molecular formula is C14H18Cl2FNO. The average molecular weight is 306 g/mol. The van der Waals surface area contributed by atoms with Crippen LogP contribution in [0, 0.1) is 11.2 Å². The van der Waals surface area contributed by atoms with E-state index in [1.165, 1.54) is 6.07 Å². The lowest BCUT2D eigenvalue weighted by Gasteiger charge is -2.31. The summed E-state index contributed by atoms with van der Waals surface area (Å²) < 4.78 is 18.7. The van der Waals surface area contributed by atoms with Gasteiger partial charge in [0.05, 0.1) is 11.6 Å². The summed E-state index contributed by atoms with van der Waals surface area (Å²) in [6.45, 7) is 2.71. The lowest BCUT2D eigenvalue weighted by molar-refractivity contribution is 0.116. The molecule has 5 heteroatoms. The Morgan fingerprint density at radius 1 is 1.47 bits per heavy atom. The van der Waals surface area contributed by atoms with Crippen molar-refractivity contribution in [2.24, 2.45) is 5.41 Å². The Morgan fingerprint density at radius 2 is 2.26 bits per heavy atom. The maximum Gasteiger partial charge on any atom is 0.141 e. The third-order valence-corrected chi connectivity index (χ3v) is 4.90. The first kappa shape index (κ1) is 15.0. The summed E-state index contributed by atoms with van der Waals surface area (Å²) in [5.74, 6) is -0.344. The van der Waals surface area contributed by atoms with E-state index in [1.54, 1.807) is 13.2 Å². The fraction of sp³-hybridized carbons (Fsp3) is 0.571. The van der Waals surface area contributed by atoms with E-state index in [4.69, 9.17) is 16.3 Å². The third-order valence-electron chi connectivity index (χ3n) is 4.62. The zero-order valence-electron chi connectivity index (χ0n) is 10.8. The van der Waals surface area contributed by atoms with Crippen molar-refractivity contribution in [2.45, 2.75) is 18.3 Å². The van der Waals surface area contributed by atoms with Crippen molar-refractivity contribution in [3.05, 3.63) is 34.6 Å². The van der Waals surface area contributed by atoms with Gasteiger partial charge in [-0.2, -0.15) is 0 Å². The molecule has 0 amide bonds. The number of fused-ring (bicyclic) bond motifs is 1. The molecular weight excluding hydrogens is 288 g/mol. The Morgan fingerprint density at radius 3 is 2.95 bits per heavy atom. The highest BCUT2D eigenvalue weighted by atomic mass is 35.5. The van der Waals surface area contributed by atoms with Gasteiger partial charge in [-0.15, -0.1) is 12.4 Å². The molecule has 2 fully saturated rings. The van der Waals surface area contributed by atoms with Gasteiger partial charge >= 0.3 is 0 Å². The van der Waals surface area contributed by atoms with Crippen LogP contribution in [-0.2, 0) is 10.2 Å². The number of methoxy groups -OCH3 is 1. The van der Waals surface area contributed by atoms with Crippen molar-refractivity contribution in [3.63, 3.8) is 0 Å². The number of ether oxygens (including phenoxy) is 1. The smallest absolute Gasteiger partial charge is 0.141 e. The predicted octanol–water partition coefficient (Wildman–Crippen LogP) is 3.17. The van der Waals surface area contributed by atoms with Gasteiger partial charge in [0.25, 0.3) is 0 Å². The van der Waals surface area contributed by atoms with Crippen molar-refractivity contribution in [1.82, 2.24) is 5.32 Å². The van der Waals surface area contributed by atoms with Crippen LogP contribution in [0.4, 0.5) is 4.39 Å². The van der Waals surface area contributed by atoms with E-state index in [1.807, 2.05) is 6.07 Å². The molecule has 0 aromatic heterocycles. The molecule has 106 valence electrons. The van der Waals surface area contributed by atoms with Crippen LogP contribution in [0.25, 0.3) is 0 Å². The summed E-state index contributed by atoms with van der Waals surface area (Å²) >= 11 is 5.91. The van der Waals surface area contributed by atoms with E-state index in [2.05, 4.69) is 5.32 Å². The van der Waals surface area contributed by atoms with E-state index in [9.17, 15) is 4.39 Å². The fourth-order valence-corrected chi connectivity index (χ4v) is 3.79. The zero-order valence-corrected chi connectivity index (χ0v) is 12.4. The molecule has 2 aliphatic rings.